The van der Waals surface area contributed by atoms with Gasteiger partial charge in [0.1, 0.15) is 5.82 Å². The van der Waals surface area contributed by atoms with Crippen LogP contribution in [0.1, 0.15) is 133 Å². The highest BCUT2D eigenvalue weighted by atomic mass is 19.4. The maximum Gasteiger partial charge on any atom is 0.419 e. The van der Waals surface area contributed by atoms with E-state index in [9.17, 15) is 17.6 Å². The molecule has 0 atom stereocenters. The minimum Gasteiger partial charge on any atom is -0.206 e. The van der Waals surface area contributed by atoms with E-state index >= 15 is 0 Å². The minimum atomic E-state index is -4.62. The third-order valence-electron chi connectivity index (χ3n) is 8.56. The predicted octanol–water partition coefficient (Wildman–Crippen LogP) is 10.5. The number of halogens is 4. The molecule has 2 fully saturated rings. The van der Waals surface area contributed by atoms with E-state index in [1.807, 2.05) is 0 Å². The molecule has 0 amide bonds. The molecule has 0 saturated heterocycles. The average Bonchev–Trinajstić information content (AvgIpc) is 2.81. The first kappa shape index (κ1) is 26.5. The average molecular weight is 469 g/mol. The van der Waals surface area contributed by atoms with Crippen molar-refractivity contribution in [1.82, 2.24) is 0 Å². The van der Waals surface area contributed by atoms with Crippen LogP contribution >= 0.6 is 0 Å². The van der Waals surface area contributed by atoms with Crippen molar-refractivity contribution in [3.05, 3.63) is 35.1 Å². The van der Waals surface area contributed by atoms with Crippen LogP contribution in [-0.2, 0) is 6.18 Å². The van der Waals surface area contributed by atoms with Crippen molar-refractivity contribution < 1.29 is 17.6 Å². The SMILES string of the molecule is CCCCCCCCCCC1CCC(C2CCC(c3ccc(F)c(C(F)(F)F)c3)CC2)CC1. The third kappa shape index (κ3) is 8.28. The largest absolute Gasteiger partial charge is 0.419 e. The van der Waals surface area contributed by atoms with Gasteiger partial charge in [-0.15, -0.1) is 0 Å². The number of hydrogen-bond acceptors (Lipinski definition) is 0. The Hall–Kier alpha value is -1.06. The molecule has 0 aromatic heterocycles. The van der Waals surface area contributed by atoms with Crippen LogP contribution in [0.5, 0.6) is 0 Å². The summed E-state index contributed by atoms with van der Waals surface area (Å²) in [6.07, 6.45) is 17.4. The first-order valence-electron chi connectivity index (χ1n) is 13.7. The van der Waals surface area contributed by atoms with E-state index in [1.165, 1.54) is 83.5 Å². The Kier molecular flexibility index (Phi) is 10.6. The van der Waals surface area contributed by atoms with Crippen LogP contribution in [0, 0.1) is 23.6 Å². The Bertz CT molecular complexity index is 679. The molecular formula is C29H44F4. The van der Waals surface area contributed by atoms with Gasteiger partial charge in [-0.2, -0.15) is 13.2 Å². The molecule has 0 N–H and O–H groups in total. The van der Waals surface area contributed by atoms with E-state index < -0.39 is 17.6 Å². The summed E-state index contributed by atoms with van der Waals surface area (Å²) in [6, 6.07) is 3.61. The van der Waals surface area contributed by atoms with E-state index in [0.29, 0.717) is 5.56 Å². The maximum atomic E-state index is 13.6. The number of alkyl halides is 3. The number of benzene rings is 1. The van der Waals surface area contributed by atoms with Crippen LogP contribution in [0.4, 0.5) is 17.6 Å². The Morgan fingerprint density at radius 2 is 1.27 bits per heavy atom. The molecule has 0 aliphatic heterocycles. The van der Waals surface area contributed by atoms with Gasteiger partial charge in [-0.1, -0.05) is 83.6 Å². The summed E-state index contributed by atoms with van der Waals surface area (Å²) in [5.74, 6) is 1.43. The molecule has 2 aliphatic carbocycles. The Balaban J connectivity index is 1.33. The lowest BCUT2D eigenvalue weighted by Gasteiger charge is -2.38. The molecule has 188 valence electrons. The van der Waals surface area contributed by atoms with Gasteiger partial charge < -0.3 is 0 Å². The third-order valence-corrected chi connectivity index (χ3v) is 8.56. The highest BCUT2D eigenvalue weighted by Gasteiger charge is 2.36. The second-order valence-corrected chi connectivity index (χ2v) is 10.9. The molecular weight excluding hydrogens is 424 g/mol. The van der Waals surface area contributed by atoms with Crippen LogP contribution < -0.4 is 0 Å². The van der Waals surface area contributed by atoms with Gasteiger partial charge in [0.15, 0.2) is 0 Å². The molecule has 0 unspecified atom stereocenters. The summed E-state index contributed by atoms with van der Waals surface area (Å²) < 4.78 is 52.8. The van der Waals surface area contributed by atoms with Crippen LogP contribution in [0.15, 0.2) is 18.2 Å². The molecule has 0 radical (unpaired) electrons. The lowest BCUT2D eigenvalue weighted by molar-refractivity contribution is -0.140. The number of hydrogen-bond donors (Lipinski definition) is 0. The Morgan fingerprint density at radius 1 is 0.727 bits per heavy atom. The predicted molar refractivity (Wildman–Crippen MR) is 129 cm³/mol. The van der Waals surface area contributed by atoms with Crippen molar-refractivity contribution in [3.63, 3.8) is 0 Å². The van der Waals surface area contributed by atoms with E-state index in [2.05, 4.69) is 6.92 Å². The summed E-state index contributed by atoms with van der Waals surface area (Å²) >= 11 is 0. The monoisotopic (exact) mass is 468 g/mol. The summed E-state index contributed by atoms with van der Waals surface area (Å²) in [4.78, 5) is 0. The van der Waals surface area contributed by atoms with Gasteiger partial charge in [0.25, 0.3) is 0 Å². The molecule has 33 heavy (non-hydrogen) atoms. The number of rotatable bonds is 11. The van der Waals surface area contributed by atoms with E-state index in [0.717, 1.165) is 55.6 Å². The fourth-order valence-corrected chi connectivity index (χ4v) is 6.45. The minimum absolute atomic E-state index is 0.140. The highest BCUT2D eigenvalue weighted by molar-refractivity contribution is 5.30. The van der Waals surface area contributed by atoms with Crippen LogP contribution in [0.2, 0.25) is 0 Å². The van der Waals surface area contributed by atoms with Gasteiger partial charge >= 0.3 is 6.18 Å². The van der Waals surface area contributed by atoms with Crippen LogP contribution in [0.25, 0.3) is 0 Å². The molecule has 0 nitrogen and oxygen atoms in total. The van der Waals surface area contributed by atoms with Crippen LogP contribution in [-0.4, -0.2) is 0 Å². The molecule has 0 heterocycles. The second-order valence-electron chi connectivity index (χ2n) is 10.9. The fourth-order valence-electron chi connectivity index (χ4n) is 6.45. The van der Waals surface area contributed by atoms with E-state index in [-0.39, 0.29) is 5.92 Å². The standard InChI is InChI=1S/C29H44F4/c1-2-3-4-5-6-7-8-9-10-22-11-13-23(14-12-22)24-15-17-25(18-16-24)26-19-20-28(30)27(21-26)29(31,32)33/h19-25H,2-18H2,1H3. The first-order chi connectivity index (χ1) is 15.9. The lowest BCUT2D eigenvalue weighted by atomic mass is 9.68. The van der Waals surface area contributed by atoms with Crippen molar-refractivity contribution in [2.45, 2.75) is 128 Å². The quantitative estimate of drug-likeness (QED) is 0.224. The zero-order chi connectivity index (χ0) is 23.7. The molecule has 1 aromatic carbocycles. The van der Waals surface area contributed by atoms with Gasteiger partial charge in [0, 0.05) is 0 Å². The molecule has 2 saturated carbocycles. The molecule has 4 heteroatoms. The molecule has 1 aromatic rings. The normalized spacial score (nSPS) is 26.5. The van der Waals surface area contributed by atoms with Crippen molar-refractivity contribution >= 4 is 0 Å². The van der Waals surface area contributed by atoms with Gasteiger partial charge in [-0.05, 0) is 79.9 Å². The summed E-state index contributed by atoms with van der Waals surface area (Å²) in [6.45, 7) is 2.27. The Morgan fingerprint density at radius 3 is 1.85 bits per heavy atom. The molecule has 0 bridgehead atoms. The topological polar surface area (TPSA) is 0 Å². The van der Waals surface area contributed by atoms with Gasteiger partial charge in [-0.3, -0.25) is 0 Å². The molecule has 2 aliphatic rings. The van der Waals surface area contributed by atoms with E-state index in [4.69, 9.17) is 0 Å². The van der Waals surface area contributed by atoms with Crippen LogP contribution in [0.3, 0.4) is 0 Å². The van der Waals surface area contributed by atoms with E-state index in [1.54, 1.807) is 6.07 Å². The summed E-state index contributed by atoms with van der Waals surface area (Å²) in [7, 11) is 0. The zero-order valence-corrected chi connectivity index (χ0v) is 20.6. The smallest absolute Gasteiger partial charge is 0.206 e. The zero-order valence-electron chi connectivity index (χ0n) is 20.6. The Labute approximate surface area is 198 Å². The molecule has 3 rings (SSSR count). The van der Waals surface area contributed by atoms with Crippen molar-refractivity contribution in [1.29, 1.82) is 0 Å². The van der Waals surface area contributed by atoms with Crippen molar-refractivity contribution in [3.8, 4) is 0 Å². The molecule has 0 spiro atoms. The first-order valence-corrected chi connectivity index (χ1v) is 13.7. The second kappa shape index (κ2) is 13.1. The summed E-state index contributed by atoms with van der Waals surface area (Å²) in [5.41, 5.74) is -0.451. The lowest BCUT2D eigenvalue weighted by Crippen LogP contribution is -2.25. The maximum absolute atomic E-state index is 13.6. The van der Waals surface area contributed by atoms with Gasteiger partial charge in [0.05, 0.1) is 5.56 Å². The van der Waals surface area contributed by atoms with Crippen molar-refractivity contribution in [2.24, 2.45) is 17.8 Å². The summed E-state index contributed by atoms with van der Waals surface area (Å²) in [5, 5.41) is 0. The van der Waals surface area contributed by atoms with Gasteiger partial charge in [0.2, 0.25) is 0 Å². The van der Waals surface area contributed by atoms with Gasteiger partial charge in [-0.25, -0.2) is 4.39 Å². The van der Waals surface area contributed by atoms with Crippen molar-refractivity contribution in [2.75, 3.05) is 0 Å². The highest BCUT2D eigenvalue weighted by Crippen LogP contribution is 2.45. The number of unbranched alkanes of at least 4 members (excludes halogenated alkanes) is 7. The fraction of sp³-hybridized carbons (Fsp3) is 0.793.